The molecule has 1 aromatic rings. The topological polar surface area (TPSA) is 66.4 Å². The van der Waals surface area contributed by atoms with Crippen molar-refractivity contribution in [3.63, 3.8) is 0 Å². The van der Waals surface area contributed by atoms with Gasteiger partial charge in [0.2, 0.25) is 5.91 Å². The first-order chi connectivity index (χ1) is 10.1. The SMILES string of the molecule is CCC(CNC(=O)Cc1ccc2c(c1)CCC2)CC(=O)O. The molecule has 0 heterocycles. The van der Waals surface area contributed by atoms with Crippen LogP contribution in [0, 0.1) is 5.92 Å². The predicted octanol–water partition coefficient (Wildman–Crippen LogP) is 2.33. The van der Waals surface area contributed by atoms with Crippen LogP contribution in [0.3, 0.4) is 0 Å². The highest BCUT2D eigenvalue weighted by atomic mass is 16.4. The molecule has 0 aliphatic heterocycles. The lowest BCUT2D eigenvalue weighted by molar-refractivity contribution is -0.138. The van der Waals surface area contributed by atoms with Gasteiger partial charge in [-0.1, -0.05) is 31.5 Å². The number of carbonyl (C=O) groups excluding carboxylic acids is 1. The number of amides is 1. The number of nitrogens with one attached hydrogen (secondary N) is 1. The second-order valence-electron chi connectivity index (χ2n) is 5.81. The van der Waals surface area contributed by atoms with Crippen molar-refractivity contribution in [3.05, 3.63) is 34.9 Å². The van der Waals surface area contributed by atoms with Gasteiger partial charge in [0.1, 0.15) is 0 Å². The van der Waals surface area contributed by atoms with Crippen LogP contribution in [0.15, 0.2) is 18.2 Å². The molecule has 0 bridgehead atoms. The molecule has 0 radical (unpaired) electrons. The lowest BCUT2D eigenvalue weighted by Crippen LogP contribution is -2.31. The molecule has 2 N–H and O–H groups in total. The molecule has 1 aromatic carbocycles. The van der Waals surface area contributed by atoms with E-state index in [1.54, 1.807) is 0 Å². The number of fused-ring (bicyclic) bond motifs is 1. The number of carboxylic acid groups (broad SMARTS) is 1. The van der Waals surface area contributed by atoms with Crippen LogP contribution < -0.4 is 5.32 Å². The Bertz CT molecular complexity index is 525. The Morgan fingerprint density at radius 2 is 2.05 bits per heavy atom. The van der Waals surface area contributed by atoms with E-state index in [-0.39, 0.29) is 18.2 Å². The van der Waals surface area contributed by atoms with Crippen LogP contribution in [0.5, 0.6) is 0 Å². The molecule has 114 valence electrons. The number of benzene rings is 1. The van der Waals surface area contributed by atoms with Crippen LogP contribution in [0.1, 0.15) is 42.9 Å². The summed E-state index contributed by atoms with van der Waals surface area (Å²) in [7, 11) is 0. The number of hydrogen-bond acceptors (Lipinski definition) is 2. The molecular weight excluding hydrogens is 266 g/mol. The van der Waals surface area contributed by atoms with Gasteiger partial charge < -0.3 is 10.4 Å². The smallest absolute Gasteiger partial charge is 0.303 e. The summed E-state index contributed by atoms with van der Waals surface area (Å²) in [6, 6.07) is 6.29. The number of rotatable bonds is 7. The first-order valence-corrected chi connectivity index (χ1v) is 7.67. The second-order valence-corrected chi connectivity index (χ2v) is 5.81. The van der Waals surface area contributed by atoms with E-state index in [2.05, 4.69) is 17.4 Å². The van der Waals surface area contributed by atoms with Gasteiger partial charge in [-0.05, 0) is 41.9 Å². The third-order valence-electron chi connectivity index (χ3n) is 4.16. The van der Waals surface area contributed by atoms with E-state index in [1.165, 1.54) is 17.5 Å². The van der Waals surface area contributed by atoms with Gasteiger partial charge in [0.05, 0.1) is 6.42 Å². The van der Waals surface area contributed by atoms with Crippen molar-refractivity contribution in [2.75, 3.05) is 6.54 Å². The molecule has 1 amide bonds. The van der Waals surface area contributed by atoms with Crippen LogP contribution in [0.25, 0.3) is 0 Å². The number of hydrogen-bond donors (Lipinski definition) is 2. The normalized spacial score (nSPS) is 14.5. The fraction of sp³-hybridized carbons (Fsp3) is 0.529. The van der Waals surface area contributed by atoms with E-state index in [0.29, 0.717) is 13.0 Å². The Morgan fingerprint density at radius 1 is 1.29 bits per heavy atom. The fourth-order valence-electron chi connectivity index (χ4n) is 2.85. The summed E-state index contributed by atoms with van der Waals surface area (Å²) in [5.74, 6) is -0.835. The van der Waals surface area contributed by atoms with Crippen LogP contribution in [0.2, 0.25) is 0 Å². The summed E-state index contributed by atoms with van der Waals surface area (Å²) < 4.78 is 0. The summed E-state index contributed by atoms with van der Waals surface area (Å²) in [5, 5.41) is 11.6. The fourth-order valence-corrected chi connectivity index (χ4v) is 2.85. The number of aliphatic carboxylic acids is 1. The maximum Gasteiger partial charge on any atom is 0.303 e. The minimum Gasteiger partial charge on any atom is -0.481 e. The molecule has 0 fully saturated rings. The summed E-state index contributed by atoms with van der Waals surface area (Å²) >= 11 is 0. The molecule has 1 unspecified atom stereocenters. The lowest BCUT2D eigenvalue weighted by Gasteiger charge is -2.13. The Morgan fingerprint density at radius 3 is 2.76 bits per heavy atom. The Hall–Kier alpha value is -1.84. The van der Waals surface area contributed by atoms with Gasteiger partial charge in [-0.25, -0.2) is 0 Å². The molecule has 2 rings (SSSR count). The van der Waals surface area contributed by atoms with Gasteiger partial charge in [-0.15, -0.1) is 0 Å². The maximum absolute atomic E-state index is 12.0. The van der Waals surface area contributed by atoms with Crippen molar-refractivity contribution < 1.29 is 14.7 Å². The van der Waals surface area contributed by atoms with E-state index >= 15 is 0 Å². The van der Waals surface area contributed by atoms with Crippen molar-refractivity contribution in [2.45, 2.75) is 45.4 Å². The van der Waals surface area contributed by atoms with Crippen molar-refractivity contribution in [2.24, 2.45) is 5.92 Å². The Kier molecular flexibility index (Phi) is 5.37. The van der Waals surface area contributed by atoms with E-state index < -0.39 is 5.97 Å². The molecule has 1 atom stereocenters. The Balaban J connectivity index is 1.83. The summed E-state index contributed by atoms with van der Waals surface area (Å²) in [4.78, 5) is 22.7. The lowest BCUT2D eigenvalue weighted by atomic mass is 10.0. The molecule has 1 aliphatic carbocycles. The van der Waals surface area contributed by atoms with Crippen molar-refractivity contribution >= 4 is 11.9 Å². The first kappa shape index (κ1) is 15.5. The van der Waals surface area contributed by atoms with Gasteiger partial charge in [-0.3, -0.25) is 9.59 Å². The summed E-state index contributed by atoms with van der Waals surface area (Å²) in [5.41, 5.74) is 3.82. The highest BCUT2D eigenvalue weighted by Crippen LogP contribution is 2.22. The molecule has 0 aromatic heterocycles. The molecule has 0 saturated heterocycles. The third kappa shape index (κ3) is 4.59. The number of carboxylic acids is 1. The zero-order valence-corrected chi connectivity index (χ0v) is 12.5. The second kappa shape index (κ2) is 7.25. The van der Waals surface area contributed by atoms with Crippen molar-refractivity contribution in [3.8, 4) is 0 Å². The van der Waals surface area contributed by atoms with Gasteiger partial charge in [0, 0.05) is 13.0 Å². The van der Waals surface area contributed by atoms with E-state index in [1.807, 2.05) is 13.0 Å². The van der Waals surface area contributed by atoms with Crippen molar-refractivity contribution in [1.82, 2.24) is 5.32 Å². The number of aryl methyl sites for hydroxylation is 2. The molecule has 0 spiro atoms. The largest absolute Gasteiger partial charge is 0.481 e. The molecule has 4 heteroatoms. The molecule has 21 heavy (non-hydrogen) atoms. The van der Waals surface area contributed by atoms with Crippen molar-refractivity contribution in [1.29, 1.82) is 0 Å². The average Bonchev–Trinajstić information content (AvgIpc) is 2.90. The maximum atomic E-state index is 12.0. The average molecular weight is 289 g/mol. The van der Waals surface area contributed by atoms with E-state index in [4.69, 9.17) is 5.11 Å². The highest BCUT2D eigenvalue weighted by Gasteiger charge is 2.14. The minimum atomic E-state index is -0.810. The van der Waals surface area contributed by atoms with Gasteiger partial charge >= 0.3 is 5.97 Å². The summed E-state index contributed by atoms with van der Waals surface area (Å²) in [6.45, 7) is 2.38. The van der Waals surface area contributed by atoms with Gasteiger partial charge in [0.15, 0.2) is 0 Å². The minimum absolute atomic E-state index is 0.00599. The zero-order chi connectivity index (χ0) is 15.2. The van der Waals surface area contributed by atoms with Crippen LogP contribution in [0.4, 0.5) is 0 Å². The first-order valence-electron chi connectivity index (χ1n) is 7.67. The predicted molar refractivity (Wildman–Crippen MR) is 81.2 cm³/mol. The van der Waals surface area contributed by atoms with Crippen LogP contribution >= 0.6 is 0 Å². The third-order valence-corrected chi connectivity index (χ3v) is 4.16. The molecule has 4 nitrogen and oxygen atoms in total. The standard InChI is InChI=1S/C17H23NO3/c1-2-12(10-17(20)21)11-18-16(19)9-13-6-7-14-4-3-5-15(14)8-13/h6-8,12H,2-5,9-11H2,1H3,(H,18,19)(H,20,21). The van der Waals surface area contributed by atoms with Crippen LogP contribution in [-0.2, 0) is 28.9 Å². The van der Waals surface area contributed by atoms with Crippen LogP contribution in [-0.4, -0.2) is 23.5 Å². The quantitative estimate of drug-likeness (QED) is 0.809. The van der Waals surface area contributed by atoms with E-state index in [9.17, 15) is 9.59 Å². The Labute approximate surface area is 125 Å². The molecular formula is C17H23NO3. The van der Waals surface area contributed by atoms with E-state index in [0.717, 1.165) is 24.8 Å². The van der Waals surface area contributed by atoms with Gasteiger partial charge in [-0.2, -0.15) is 0 Å². The highest BCUT2D eigenvalue weighted by molar-refractivity contribution is 5.78. The molecule has 0 saturated carbocycles. The number of carbonyl (C=O) groups is 2. The monoisotopic (exact) mass is 289 g/mol. The zero-order valence-electron chi connectivity index (χ0n) is 12.5. The molecule has 1 aliphatic rings. The summed E-state index contributed by atoms with van der Waals surface area (Å²) in [6.07, 6.45) is 4.70. The van der Waals surface area contributed by atoms with Gasteiger partial charge in [0.25, 0.3) is 0 Å².